The molecule has 0 aliphatic carbocycles. The number of hydrogen-bond donors (Lipinski definition) is 0. The van der Waals surface area contributed by atoms with Crippen molar-refractivity contribution in [2.24, 2.45) is 4.99 Å². The molecule has 1 atom stereocenters. The molecule has 1 spiro atoms. The molecule has 0 saturated carbocycles. The predicted octanol–water partition coefficient (Wildman–Crippen LogP) is 1.91. The number of hydrogen-bond acceptors (Lipinski definition) is 3. The Morgan fingerprint density at radius 1 is 1.10 bits per heavy atom. The van der Waals surface area contributed by atoms with Gasteiger partial charge in [-0.3, -0.25) is 0 Å². The quantitative estimate of drug-likeness (QED) is 0.787. The number of methoxy groups -OCH3 is 1. The Labute approximate surface area is 116 Å². The van der Waals surface area contributed by atoms with Crippen LogP contribution in [0, 0.1) is 0 Å². The lowest BCUT2D eigenvalue weighted by atomic mass is 10.1. The lowest BCUT2D eigenvalue weighted by molar-refractivity contribution is 0.185. The molecule has 98 valence electrons. The first kappa shape index (κ1) is 11.3. The molecule has 4 rings (SSSR count). The van der Waals surface area contributed by atoms with Gasteiger partial charge in [0.25, 0.3) is 0 Å². The molecule has 0 saturated heterocycles. The van der Waals surface area contributed by atoms with Gasteiger partial charge in [-0.15, -0.1) is 0 Å². The monoisotopic (exact) mass is 263 g/mol. The Balaban J connectivity index is 1.88. The highest BCUT2D eigenvalue weighted by molar-refractivity contribution is 5.68. The molecule has 0 fully saturated rings. The zero-order chi connectivity index (χ0) is 13.6. The van der Waals surface area contributed by atoms with Crippen LogP contribution in [0.1, 0.15) is 5.56 Å². The second kappa shape index (κ2) is 3.97. The average molecular weight is 263 g/mol. The third-order valence-corrected chi connectivity index (χ3v) is 3.59. The van der Waals surface area contributed by atoms with Gasteiger partial charge < -0.3 is 9.47 Å². The summed E-state index contributed by atoms with van der Waals surface area (Å²) in [6, 6.07) is 13.9. The summed E-state index contributed by atoms with van der Waals surface area (Å²) < 4.78 is 11.5. The van der Waals surface area contributed by atoms with E-state index in [1.54, 1.807) is 7.11 Å². The number of nitrogens with zero attached hydrogens (tertiary/aromatic N) is 1. The first-order valence-electron chi connectivity index (χ1n) is 6.53. The Hall–Kier alpha value is -2.55. The maximum Gasteiger partial charge on any atom is 0.240 e. The highest BCUT2D eigenvalue weighted by Crippen LogP contribution is 2.39. The summed E-state index contributed by atoms with van der Waals surface area (Å²) in [6.45, 7) is 0. The SMILES string of the molecule is COc1cccc2c1OC1(C=C2)C=c2ccccc2=N1. The third kappa shape index (κ3) is 1.56. The Morgan fingerprint density at radius 2 is 2.00 bits per heavy atom. The van der Waals surface area contributed by atoms with Crippen LogP contribution in [-0.4, -0.2) is 12.8 Å². The number of para-hydroxylation sites is 2. The zero-order valence-electron chi connectivity index (χ0n) is 11.0. The van der Waals surface area contributed by atoms with Gasteiger partial charge in [0.2, 0.25) is 5.72 Å². The third-order valence-electron chi connectivity index (χ3n) is 3.59. The second-order valence-electron chi connectivity index (χ2n) is 4.88. The largest absolute Gasteiger partial charge is 0.493 e. The van der Waals surface area contributed by atoms with Crippen molar-refractivity contribution < 1.29 is 9.47 Å². The van der Waals surface area contributed by atoms with Crippen LogP contribution in [0.2, 0.25) is 0 Å². The van der Waals surface area contributed by atoms with Crippen molar-refractivity contribution in [3.05, 3.63) is 64.7 Å². The van der Waals surface area contributed by atoms with Crippen LogP contribution in [0.25, 0.3) is 12.2 Å². The van der Waals surface area contributed by atoms with Crippen LogP contribution in [0.3, 0.4) is 0 Å². The van der Waals surface area contributed by atoms with Crippen molar-refractivity contribution in [1.29, 1.82) is 0 Å². The Kier molecular flexibility index (Phi) is 2.24. The van der Waals surface area contributed by atoms with Crippen molar-refractivity contribution in [1.82, 2.24) is 0 Å². The molecule has 20 heavy (non-hydrogen) atoms. The fraction of sp³-hybridized carbons (Fsp3) is 0.118. The van der Waals surface area contributed by atoms with Crippen LogP contribution >= 0.6 is 0 Å². The van der Waals surface area contributed by atoms with Crippen molar-refractivity contribution in [3.8, 4) is 11.5 Å². The van der Waals surface area contributed by atoms with E-state index in [2.05, 4.69) is 0 Å². The fourth-order valence-electron chi connectivity index (χ4n) is 2.63. The average Bonchev–Trinajstić information content (AvgIpc) is 2.84. The Bertz CT molecular complexity index is 801. The van der Waals surface area contributed by atoms with Crippen LogP contribution < -0.4 is 20.0 Å². The van der Waals surface area contributed by atoms with E-state index in [1.807, 2.05) is 60.7 Å². The van der Waals surface area contributed by atoms with Crippen molar-refractivity contribution in [2.75, 3.05) is 7.11 Å². The van der Waals surface area contributed by atoms with Gasteiger partial charge in [0, 0.05) is 10.8 Å². The molecule has 2 aromatic rings. The molecular weight excluding hydrogens is 250 g/mol. The minimum Gasteiger partial charge on any atom is -0.493 e. The molecule has 2 heterocycles. The summed E-state index contributed by atoms with van der Waals surface area (Å²) >= 11 is 0. The van der Waals surface area contributed by atoms with Gasteiger partial charge in [0.15, 0.2) is 11.5 Å². The topological polar surface area (TPSA) is 30.8 Å². The maximum absolute atomic E-state index is 6.15. The van der Waals surface area contributed by atoms with E-state index >= 15 is 0 Å². The minimum absolute atomic E-state index is 0.728. The van der Waals surface area contributed by atoms with Crippen LogP contribution in [0.15, 0.2) is 53.5 Å². The molecule has 0 aromatic heterocycles. The van der Waals surface area contributed by atoms with Gasteiger partial charge in [0.05, 0.1) is 12.5 Å². The van der Waals surface area contributed by atoms with Gasteiger partial charge in [0.1, 0.15) is 0 Å². The van der Waals surface area contributed by atoms with E-state index in [9.17, 15) is 0 Å². The van der Waals surface area contributed by atoms with E-state index in [0.717, 1.165) is 27.6 Å². The molecule has 3 nitrogen and oxygen atoms in total. The maximum atomic E-state index is 6.15. The van der Waals surface area contributed by atoms with Crippen LogP contribution in [0.5, 0.6) is 11.5 Å². The van der Waals surface area contributed by atoms with E-state index < -0.39 is 5.72 Å². The van der Waals surface area contributed by atoms with Gasteiger partial charge in [-0.25, -0.2) is 4.99 Å². The summed E-state index contributed by atoms with van der Waals surface area (Å²) in [6.07, 6.45) is 6.05. The van der Waals surface area contributed by atoms with Gasteiger partial charge in [-0.1, -0.05) is 30.3 Å². The standard InChI is InChI=1S/C17H13NO2/c1-19-15-8-4-6-12-9-10-17(20-16(12)15)11-13-5-2-3-7-14(13)18-17/h2-11H,1H3. The predicted molar refractivity (Wildman–Crippen MR) is 77.1 cm³/mol. The Morgan fingerprint density at radius 3 is 2.85 bits per heavy atom. The summed E-state index contributed by atoms with van der Waals surface area (Å²) in [5.74, 6) is 1.47. The first-order valence-corrected chi connectivity index (χ1v) is 6.53. The summed E-state index contributed by atoms with van der Waals surface area (Å²) in [7, 11) is 1.65. The van der Waals surface area contributed by atoms with Gasteiger partial charge in [-0.2, -0.15) is 0 Å². The van der Waals surface area contributed by atoms with E-state index in [0.29, 0.717) is 0 Å². The molecule has 1 unspecified atom stereocenters. The molecule has 2 aliphatic heterocycles. The molecular formula is C17H13NO2. The number of benzene rings is 2. The summed E-state index contributed by atoms with van der Waals surface area (Å²) in [5.41, 5.74) is 0.264. The van der Waals surface area contributed by atoms with Gasteiger partial charge in [-0.05, 0) is 30.4 Å². The summed E-state index contributed by atoms with van der Waals surface area (Å²) in [4.78, 5) is 4.70. The van der Waals surface area contributed by atoms with Crippen molar-refractivity contribution in [3.63, 3.8) is 0 Å². The second-order valence-corrected chi connectivity index (χ2v) is 4.88. The molecule has 0 amide bonds. The smallest absolute Gasteiger partial charge is 0.240 e. The first-order chi connectivity index (χ1) is 9.80. The lowest BCUT2D eigenvalue weighted by Crippen LogP contribution is -2.30. The van der Waals surface area contributed by atoms with E-state index in [1.165, 1.54) is 0 Å². The highest BCUT2D eigenvalue weighted by atomic mass is 16.5. The highest BCUT2D eigenvalue weighted by Gasteiger charge is 2.33. The fourth-order valence-corrected chi connectivity index (χ4v) is 2.63. The van der Waals surface area contributed by atoms with Crippen molar-refractivity contribution in [2.45, 2.75) is 5.72 Å². The molecule has 3 heteroatoms. The molecule has 2 aliphatic rings. The number of fused-ring (bicyclic) bond motifs is 2. The van der Waals surface area contributed by atoms with Crippen LogP contribution in [-0.2, 0) is 0 Å². The lowest BCUT2D eigenvalue weighted by Gasteiger charge is -2.28. The van der Waals surface area contributed by atoms with E-state index in [4.69, 9.17) is 14.5 Å². The number of ether oxygens (including phenoxy) is 2. The molecule has 0 bridgehead atoms. The number of rotatable bonds is 1. The summed E-state index contributed by atoms with van der Waals surface area (Å²) in [5, 5.41) is 2.05. The normalized spacial score (nSPS) is 21.4. The van der Waals surface area contributed by atoms with Gasteiger partial charge >= 0.3 is 0 Å². The molecule has 2 aromatic carbocycles. The molecule has 0 N–H and O–H groups in total. The minimum atomic E-state index is -0.745. The van der Waals surface area contributed by atoms with E-state index in [-0.39, 0.29) is 0 Å². The zero-order valence-corrected chi connectivity index (χ0v) is 11.0. The van der Waals surface area contributed by atoms with Crippen LogP contribution in [0.4, 0.5) is 0 Å². The van der Waals surface area contributed by atoms with Crippen molar-refractivity contribution >= 4 is 12.2 Å². The molecule has 0 radical (unpaired) electrons.